The molecule has 2 aliphatic heterocycles. The van der Waals surface area contributed by atoms with Gasteiger partial charge in [0.1, 0.15) is 0 Å². The maximum absolute atomic E-state index is 12.5. The Hall–Kier alpha value is -1.01. The predicted molar refractivity (Wildman–Crippen MR) is 83.1 cm³/mol. The van der Waals surface area contributed by atoms with E-state index in [1.807, 2.05) is 25.0 Å². The number of hydrogen-bond acceptors (Lipinski definition) is 4. The van der Waals surface area contributed by atoms with Crippen LogP contribution in [0.3, 0.4) is 0 Å². The summed E-state index contributed by atoms with van der Waals surface area (Å²) in [5.41, 5.74) is 0.997. The van der Waals surface area contributed by atoms with Crippen LogP contribution in [0.25, 0.3) is 0 Å². The third-order valence-corrected chi connectivity index (χ3v) is 5.96. The first kappa shape index (κ1) is 14.9. The maximum Gasteiger partial charge on any atom is 0.226 e. The third-order valence-electron chi connectivity index (χ3n) is 4.42. The van der Waals surface area contributed by atoms with Crippen LogP contribution >= 0.6 is 11.8 Å². The first-order chi connectivity index (χ1) is 10.1. The Kier molecular flexibility index (Phi) is 4.26. The van der Waals surface area contributed by atoms with Crippen LogP contribution in [-0.2, 0) is 16.6 Å². The lowest BCUT2D eigenvalue weighted by atomic mass is 9.96. The molecule has 1 aromatic heterocycles. The molecule has 116 valence electrons. The highest BCUT2D eigenvalue weighted by Crippen LogP contribution is 2.38. The van der Waals surface area contributed by atoms with Gasteiger partial charge in [-0.2, -0.15) is 16.9 Å². The highest BCUT2D eigenvalue weighted by Gasteiger charge is 2.37. The van der Waals surface area contributed by atoms with E-state index in [0.717, 1.165) is 18.5 Å². The second-order valence-corrected chi connectivity index (χ2v) is 7.94. The van der Waals surface area contributed by atoms with E-state index in [9.17, 15) is 4.79 Å². The van der Waals surface area contributed by atoms with Crippen molar-refractivity contribution >= 4 is 17.7 Å². The average Bonchev–Trinajstić information content (AvgIpc) is 3.16. The van der Waals surface area contributed by atoms with Gasteiger partial charge in [0.25, 0.3) is 0 Å². The predicted octanol–water partition coefficient (Wildman–Crippen LogP) is 1.90. The summed E-state index contributed by atoms with van der Waals surface area (Å²) in [6, 6.07) is 0. The molecule has 1 aromatic rings. The van der Waals surface area contributed by atoms with Crippen LogP contribution in [0.2, 0.25) is 0 Å². The van der Waals surface area contributed by atoms with Crippen LogP contribution in [0, 0.1) is 5.92 Å². The van der Waals surface area contributed by atoms with Crippen LogP contribution in [-0.4, -0.2) is 39.3 Å². The normalized spacial score (nSPS) is 32.5. The molecular weight excluding hydrogens is 286 g/mol. The summed E-state index contributed by atoms with van der Waals surface area (Å²) in [6.07, 6.45) is 6.81. The molecule has 2 aliphatic rings. The minimum absolute atomic E-state index is 0.0933. The summed E-state index contributed by atoms with van der Waals surface area (Å²) in [5.74, 6) is 1.23. The quantitative estimate of drug-likeness (QED) is 0.923. The number of nitrogens with zero attached hydrogens (tertiary/aromatic N) is 2. The van der Waals surface area contributed by atoms with E-state index in [1.165, 1.54) is 18.6 Å². The number of aromatic nitrogens is 2. The van der Waals surface area contributed by atoms with Gasteiger partial charge in [-0.15, -0.1) is 0 Å². The Labute approximate surface area is 129 Å². The van der Waals surface area contributed by atoms with Crippen LogP contribution in [0.15, 0.2) is 12.4 Å². The number of hydrogen-bond donors (Lipinski definition) is 1. The van der Waals surface area contributed by atoms with Crippen molar-refractivity contribution in [2.45, 2.75) is 37.0 Å². The summed E-state index contributed by atoms with van der Waals surface area (Å²) in [7, 11) is 1.88. The van der Waals surface area contributed by atoms with E-state index in [0.29, 0.717) is 6.61 Å². The molecule has 1 amide bonds. The van der Waals surface area contributed by atoms with E-state index < -0.39 is 0 Å². The zero-order chi connectivity index (χ0) is 14.9. The Bertz CT molecular complexity index is 511. The third kappa shape index (κ3) is 3.26. The Morgan fingerprint density at radius 3 is 3.19 bits per heavy atom. The van der Waals surface area contributed by atoms with Crippen LogP contribution in [0.4, 0.5) is 0 Å². The molecule has 3 atom stereocenters. The van der Waals surface area contributed by atoms with Gasteiger partial charge in [0.05, 0.1) is 18.2 Å². The lowest BCUT2D eigenvalue weighted by Crippen LogP contribution is -2.40. The van der Waals surface area contributed by atoms with Gasteiger partial charge in [-0.1, -0.05) is 0 Å². The number of carbonyl (C=O) groups excluding carboxylic acids is 1. The van der Waals surface area contributed by atoms with Crippen molar-refractivity contribution in [3.05, 3.63) is 18.0 Å². The molecule has 0 radical (unpaired) electrons. The van der Waals surface area contributed by atoms with Gasteiger partial charge in [-0.05, 0) is 31.9 Å². The first-order valence-corrected chi connectivity index (χ1v) is 8.58. The van der Waals surface area contributed by atoms with E-state index in [-0.39, 0.29) is 22.7 Å². The minimum atomic E-state index is -0.150. The molecule has 0 saturated carbocycles. The van der Waals surface area contributed by atoms with E-state index >= 15 is 0 Å². The number of nitrogens with one attached hydrogen (secondary N) is 1. The molecule has 2 fully saturated rings. The summed E-state index contributed by atoms with van der Waals surface area (Å²) < 4.78 is 7.72. The standard InChI is InChI=1S/C15H23N3O2S/c1-15(5-3-7-21-15)10-16-14(19)12-4-6-20-13(12)11-8-17-18(2)9-11/h8-9,12-13H,3-7,10H2,1-2H3,(H,16,19)/t12-,13+,15+/m0/s1. The van der Waals surface area contributed by atoms with Gasteiger partial charge in [0, 0.05) is 36.7 Å². The summed E-state index contributed by atoms with van der Waals surface area (Å²) in [5, 5.41) is 7.32. The SMILES string of the molecule is Cn1cc([C@H]2OCC[C@@H]2C(=O)NC[C@@]2(C)CCCS2)cn1. The molecule has 5 nitrogen and oxygen atoms in total. The van der Waals surface area contributed by atoms with Crippen LogP contribution in [0.5, 0.6) is 0 Å². The smallest absolute Gasteiger partial charge is 0.226 e. The van der Waals surface area contributed by atoms with Gasteiger partial charge in [-0.25, -0.2) is 0 Å². The Morgan fingerprint density at radius 1 is 1.67 bits per heavy atom. The first-order valence-electron chi connectivity index (χ1n) is 7.59. The van der Waals surface area contributed by atoms with Crippen LogP contribution in [0.1, 0.15) is 37.9 Å². The summed E-state index contributed by atoms with van der Waals surface area (Å²) >= 11 is 1.97. The molecule has 0 aliphatic carbocycles. The molecule has 3 heterocycles. The molecular formula is C15H23N3O2S. The number of rotatable bonds is 4. The summed E-state index contributed by atoms with van der Waals surface area (Å²) in [4.78, 5) is 12.5. The second-order valence-electron chi connectivity index (χ2n) is 6.25. The zero-order valence-corrected chi connectivity index (χ0v) is 13.5. The monoisotopic (exact) mass is 309 g/mol. The highest BCUT2D eigenvalue weighted by molar-refractivity contribution is 8.00. The van der Waals surface area contributed by atoms with Crippen molar-refractivity contribution in [1.82, 2.24) is 15.1 Å². The summed E-state index contributed by atoms with van der Waals surface area (Å²) in [6.45, 7) is 3.64. The second kappa shape index (κ2) is 6.01. The van der Waals surface area contributed by atoms with Crippen molar-refractivity contribution in [3.8, 4) is 0 Å². The van der Waals surface area contributed by atoms with Gasteiger partial charge in [0.15, 0.2) is 0 Å². The van der Waals surface area contributed by atoms with Gasteiger partial charge < -0.3 is 10.1 Å². The van der Waals surface area contributed by atoms with Gasteiger partial charge >= 0.3 is 0 Å². The largest absolute Gasteiger partial charge is 0.373 e. The molecule has 3 rings (SSSR count). The van der Waals surface area contributed by atoms with Crippen molar-refractivity contribution in [2.24, 2.45) is 13.0 Å². The van der Waals surface area contributed by atoms with Crippen molar-refractivity contribution in [1.29, 1.82) is 0 Å². The van der Waals surface area contributed by atoms with Crippen LogP contribution < -0.4 is 5.32 Å². The average molecular weight is 309 g/mol. The molecule has 6 heteroatoms. The fourth-order valence-corrected chi connectivity index (χ4v) is 4.40. The fourth-order valence-electron chi connectivity index (χ4n) is 3.16. The molecule has 21 heavy (non-hydrogen) atoms. The molecule has 0 bridgehead atoms. The fraction of sp³-hybridized carbons (Fsp3) is 0.733. The van der Waals surface area contributed by atoms with Crippen molar-refractivity contribution in [2.75, 3.05) is 18.9 Å². The molecule has 1 N–H and O–H groups in total. The minimum Gasteiger partial charge on any atom is -0.373 e. The van der Waals surface area contributed by atoms with Gasteiger partial charge in [0.2, 0.25) is 5.91 Å². The molecule has 0 spiro atoms. The van der Waals surface area contributed by atoms with Crippen molar-refractivity contribution in [3.63, 3.8) is 0 Å². The lowest BCUT2D eigenvalue weighted by Gasteiger charge is -2.25. The topological polar surface area (TPSA) is 56.1 Å². The van der Waals surface area contributed by atoms with Crippen molar-refractivity contribution < 1.29 is 9.53 Å². The van der Waals surface area contributed by atoms with Gasteiger partial charge in [-0.3, -0.25) is 9.48 Å². The zero-order valence-electron chi connectivity index (χ0n) is 12.7. The number of thioether (sulfide) groups is 1. The van der Waals surface area contributed by atoms with E-state index in [1.54, 1.807) is 10.9 Å². The Morgan fingerprint density at radius 2 is 2.52 bits per heavy atom. The Balaban J connectivity index is 1.60. The number of ether oxygens (including phenoxy) is 1. The molecule has 0 unspecified atom stereocenters. The number of aryl methyl sites for hydroxylation is 1. The number of amides is 1. The maximum atomic E-state index is 12.5. The number of carbonyl (C=O) groups is 1. The molecule has 2 saturated heterocycles. The highest BCUT2D eigenvalue weighted by atomic mass is 32.2. The molecule has 0 aromatic carbocycles. The van der Waals surface area contributed by atoms with E-state index in [4.69, 9.17) is 4.74 Å². The van der Waals surface area contributed by atoms with E-state index in [2.05, 4.69) is 17.3 Å². The lowest BCUT2D eigenvalue weighted by molar-refractivity contribution is -0.126.